The molecule has 57 heavy (non-hydrogen) atoms. The van der Waals surface area contributed by atoms with Crippen LogP contribution in [-0.4, -0.2) is 0 Å². The molecular formula is C55H49NO. The number of para-hydroxylation sites is 1. The molecule has 8 aliphatic carbocycles. The van der Waals surface area contributed by atoms with Crippen LogP contribution in [0.25, 0.3) is 44.2 Å². The first kappa shape index (κ1) is 31.9. The second-order valence-corrected chi connectivity index (χ2v) is 19.6. The minimum absolute atomic E-state index is 0.106. The van der Waals surface area contributed by atoms with Crippen LogP contribution in [0.3, 0.4) is 0 Å². The Morgan fingerprint density at radius 3 is 2.07 bits per heavy atom. The number of nitrogens with zero attached hydrogens (tertiary/aromatic N) is 1. The van der Waals surface area contributed by atoms with Gasteiger partial charge in [0.25, 0.3) is 0 Å². The molecule has 0 N–H and O–H groups in total. The smallest absolute Gasteiger partial charge is 0.137 e. The summed E-state index contributed by atoms with van der Waals surface area (Å²) in [6.07, 6.45) is 13.9. The van der Waals surface area contributed by atoms with Crippen molar-refractivity contribution < 1.29 is 4.42 Å². The highest BCUT2D eigenvalue weighted by Gasteiger charge is 2.60. The Labute approximate surface area is 335 Å². The average molecular weight is 740 g/mol. The highest BCUT2D eigenvalue weighted by Crippen LogP contribution is 2.69. The van der Waals surface area contributed by atoms with Gasteiger partial charge >= 0.3 is 0 Å². The monoisotopic (exact) mass is 739 g/mol. The lowest BCUT2D eigenvalue weighted by Crippen LogP contribution is -2.48. The summed E-state index contributed by atoms with van der Waals surface area (Å²) < 4.78 is 6.61. The Hall–Kier alpha value is -5.08. The maximum absolute atomic E-state index is 6.61. The Morgan fingerprint density at radius 1 is 0.491 bits per heavy atom. The molecule has 8 atom stereocenters. The van der Waals surface area contributed by atoms with Gasteiger partial charge in [0.15, 0.2) is 0 Å². The van der Waals surface area contributed by atoms with E-state index < -0.39 is 0 Å². The van der Waals surface area contributed by atoms with Crippen LogP contribution in [0.5, 0.6) is 0 Å². The zero-order valence-electron chi connectivity index (χ0n) is 32.7. The van der Waals surface area contributed by atoms with Gasteiger partial charge in [0, 0.05) is 45.6 Å². The van der Waals surface area contributed by atoms with Crippen LogP contribution < -0.4 is 4.90 Å². The van der Waals surface area contributed by atoms with Crippen LogP contribution in [0.15, 0.2) is 132 Å². The van der Waals surface area contributed by atoms with Gasteiger partial charge in [-0.05, 0) is 167 Å². The molecule has 2 spiro atoms. The summed E-state index contributed by atoms with van der Waals surface area (Å²) in [5.74, 6) is 4.84. The summed E-state index contributed by atoms with van der Waals surface area (Å²) in [6, 6.07) is 49.6. The lowest BCUT2D eigenvalue weighted by Gasteiger charge is -2.53. The molecule has 0 amide bonds. The topological polar surface area (TPSA) is 16.4 Å². The molecule has 280 valence electrons. The first-order chi connectivity index (χ1) is 28.2. The van der Waals surface area contributed by atoms with Crippen LogP contribution in [0.1, 0.15) is 92.0 Å². The number of anilines is 2. The van der Waals surface area contributed by atoms with E-state index in [4.69, 9.17) is 4.42 Å². The summed E-state index contributed by atoms with van der Waals surface area (Å²) in [4.78, 5) is 2.67. The second kappa shape index (κ2) is 11.3. The lowest BCUT2D eigenvalue weighted by molar-refractivity contribution is 0.0613. The SMILES string of the molecule is c1ccc2c(c1)-c1ccc(N(Cc3cccc4c3C3(c5ccccc5-4)C4CCC5CC(C4)CC3C5)c3ccc4c(c3)oc3ccccc34)cc1C21CC2CCC1C2. The van der Waals surface area contributed by atoms with Gasteiger partial charge < -0.3 is 9.32 Å². The summed E-state index contributed by atoms with van der Waals surface area (Å²) in [6.45, 7) is 0.835. The van der Waals surface area contributed by atoms with Gasteiger partial charge in [0.1, 0.15) is 11.2 Å². The first-order valence-electron chi connectivity index (χ1n) is 22.3. The minimum atomic E-state index is 0.106. The largest absolute Gasteiger partial charge is 0.456 e. The molecule has 0 aliphatic heterocycles. The van der Waals surface area contributed by atoms with Crippen molar-refractivity contribution in [3.05, 3.63) is 155 Å². The maximum Gasteiger partial charge on any atom is 0.137 e. The van der Waals surface area contributed by atoms with Gasteiger partial charge in [-0.2, -0.15) is 0 Å². The molecule has 6 bridgehead atoms. The predicted octanol–water partition coefficient (Wildman–Crippen LogP) is 14.1. The third kappa shape index (κ3) is 4.08. The van der Waals surface area contributed by atoms with E-state index in [1.54, 1.807) is 22.3 Å². The molecule has 7 aromatic rings. The molecule has 2 heteroatoms. The summed E-state index contributed by atoms with van der Waals surface area (Å²) >= 11 is 0. The van der Waals surface area contributed by atoms with Crippen LogP contribution in [0.2, 0.25) is 0 Å². The van der Waals surface area contributed by atoms with E-state index in [9.17, 15) is 0 Å². The zero-order chi connectivity index (χ0) is 37.0. The lowest BCUT2D eigenvalue weighted by atomic mass is 9.50. The number of hydrogen-bond donors (Lipinski definition) is 0. The standard InChI is InChI=1S/C55H49NO/c1-4-13-48-42(9-1)44-22-20-40(29-50(44)54(48)31-34-17-18-37(54)26-34)56(41-21-23-46-45-11-3-6-15-51(45)57-52(46)30-41)32-36-8-7-12-47-43-10-2-5-14-49(43)55(53(36)47)38-19-16-33-24-35(27-38)28-39(55)25-33/h1-15,20-23,29-30,33-35,37-39H,16-19,24-28,31-32H2. The van der Waals surface area contributed by atoms with Gasteiger partial charge in [-0.25, -0.2) is 0 Å². The summed E-state index contributed by atoms with van der Waals surface area (Å²) in [7, 11) is 0. The fourth-order valence-electron chi connectivity index (χ4n) is 15.5. The first-order valence-corrected chi connectivity index (χ1v) is 22.3. The highest BCUT2D eigenvalue weighted by atomic mass is 16.3. The summed E-state index contributed by atoms with van der Waals surface area (Å²) in [5, 5.41) is 2.39. The third-order valence-corrected chi connectivity index (χ3v) is 17.3. The van der Waals surface area contributed by atoms with E-state index in [1.807, 2.05) is 0 Å². The van der Waals surface area contributed by atoms with E-state index >= 15 is 0 Å². The van der Waals surface area contributed by atoms with E-state index in [1.165, 1.54) is 114 Å². The highest BCUT2D eigenvalue weighted by molar-refractivity contribution is 6.06. The van der Waals surface area contributed by atoms with Gasteiger partial charge in [-0.3, -0.25) is 0 Å². The Balaban J connectivity index is 0.982. The quantitative estimate of drug-likeness (QED) is 0.179. The van der Waals surface area contributed by atoms with Crippen molar-refractivity contribution in [3.8, 4) is 22.3 Å². The summed E-state index contributed by atoms with van der Waals surface area (Å²) in [5.41, 5.74) is 18.7. The molecule has 6 aromatic carbocycles. The van der Waals surface area contributed by atoms with Crippen LogP contribution in [0.4, 0.5) is 11.4 Å². The molecule has 8 unspecified atom stereocenters. The number of benzene rings is 6. The number of furan rings is 1. The molecule has 1 aromatic heterocycles. The van der Waals surface area contributed by atoms with Gasteiger partial charge in [0.2, 0.25) is 0 Å². The molecule has 0 saturated heterocycles. The van der Waals surface area contributed by atoms with Gasteiger partial charge in [-0.15, -0.1) is 0 Å². The van der Waals surface area contributed by atoms with Crippen molar-refractivity contribution >= 4 is 33.3 Å². The van der Waals surface area contributed by atoms with Crippen molar-refractivity contribution in [1.29, 1.82) is 0 Å². The van der Waals surface area contributed by atoms with Crippen molar-refractivity contribution in [1.82, 2.24) is 0 Å². The van der Waals surface area contributed by atoms with E-state index in [-0.39, 0.29) is 10.8 Å². The molecular weight excluding hydrogens is 691 g/mol. The number of rotatable bonds is 4. The fraction of sp³-hybridized carbons (Fsp3) is 0.345. The Bertz CT molecular complexity index is 2820. The fourth-order valence-corrected chi connectivity index (χ4v) is 15.5. The van der Waals surface area contributed by atoms with Crippen molar-refractivity contribution in [2.24, 2.45) is 35.5 Å². The second-order valence-electron chi connectivity index (χ2n) is 19.6. The van der Waals surface area contributed by atoms with Gasteiger partial charge in [0.05, 0.1) is 0 Å². The van der Waals surface area contributed by atoms with E-state index in [0.717, 1.165) is 47.3 Å². The molecule has 6 fully saturated rings. The molecule has 15 rings (SSSR count). The van der Waals surface area contributed by atoms with Crippen molar-refractivity contribution in [2.45, 2.75) is 81.6 Å². The molecule has 1 heterocycles. The van der Waals surface area contributed by atoms with Gasteiger partial charge in [-0.1, -0.05) is 104 Å². The predicted molar refractivity (Wildman–Crippen MR) is 232 cm³/mol. The zero-order valence-corrected chi connectivity index (χ0v) is 32.7. The molecule has 2 nitrogen and oxygen atoms in total. The maximum atomic E-state index is 6.61. The van der Waals surface area contributed by atoms with Crippen LogP contribution in [0, 0.1) is 35.5 Å². The van der Waals surface area contributed by atoms with Crippen molar-refractivity contribution in [3.63, 3.8) is 0 Å². The molecule has 0 radical (unpaired) electrons. The third-order valence-electron chi connectivity index (χ3n) is 17.3. The van der Waals surface area contributed by atoms with Crippen LogP contribution >= 0.6 is 0 Å². The van der Waals surface area contributed by atoms with E-state index in [0.29, 0.717) is 5.92 Å². The average Bonchev–Trinajstić information content (AvgIpc) is 4.05. The Kier molecular flexibility index (Phi) is 6.34. The normalized spacial score (nSPS) is 30.7. The Morgan fingerprint density at radius 2 is 1.18 bits per heavy atom. The van der Waals surface area contributed by atoms with Crippen LogP contribution in [-0.2, 0) is 17.4 Å². The molecule has 6 saturated carbocycles. The van der Waals surface area contributed by atoms with Crippen molar-refractivity contribution in [2.75, 3.05) is 4.90 Å². The van der Waals surface area contributed by atoms with E-state index in [2.05, 4.69) is 132 Å². The number of fused-ring (bicyclic) bond motifs is 15. The minimum Gasteiger partial charge on any atom is -0.456 e. The molecule has 8 aliphatic rings. The number of hydrogen-bond acceptors (Lipinski definition) is 2.